The quantitative estimate of drug-likeness (QED) is 0.209. The fraction of sp³-hybridized carbons (Fsp3) is 0.767. The lowest BCUT2D eigenvalue weighted by Gasteiger charge is -2.30. The number of quaternary nitrogens is 1. The van der Waals surface area contributed by atoms with Gasteiger partial charge in [-0.15, -0.1) is 0 Å². The first-order valence-corrected chi connectivity index (χ1v) is 14.2. The molecule has 0 unspecified atom stereocenters. The van der Waals surface area contributed by atoms with E-state index in [1.54, 1.807) is 6.34 Å². The van der Waals surface area contributed by atoms with Crippen molar-refractivity contribution in [2.45, 2.75) is 116 Å². The molecule has 1 aliphatic rings. The summed E-state index contributed by atoms with van der Waals surface area (Å²) in [5.74, 6) is 0. The van der Waals surface area contributed by atoms with Gasteiger partial charge in [0.25, 0.3) is 0 Å². The second kappa shape index (κ2) is 23.7. The second-order valence-electron chi connectivity index (χ2n) is 10.6. The van der Waals surface area contributed by atoms with Crippen molar-refractivity contribution >= 4 is 6.34 Å². The monoisotopic (exact) mass is 493 g/mol. The van der Waals surface area contributed by atoms with Crippen molar-refractivity contribution in [3.05, 3.63) is 35.9 Å². The van der Waals surface area contributed by atoms with Crippen molar-refractivity contribution in [3.63, 3.8) is 0 Å². The lowest BCUT2D eigenvalue weighted by atomic mass is 10.0. The highest BCUT2D eigenvalue weighted by molar-refractivity contribution is 5.56. The zero-order valence-electron chi connectivity index (χ0n) is 22.9. The standard InChI is InChI=1S/C27H50N.C3H6N2.ClH/c1-4-5-6-7-8-9-10-11-12-13-14-15-16-17-18-22-25-28(2,3)26-27-23-20-19-21-24-27;1-2-5-3-4-1;/h19-21,23-24H,4-18,22,25-26H2,1-3H3;3H,1-2H2,(H,4,5);1H/q+1;;/p-1. The summed E-state index contributed by atoms with van der Waals surface area (Å²) in [6, 6.07) is 10.9. The van der Waals surface area contributed by atoms with Crippen LogP contribution in [0, 0.1) is 0 Å². The number of hydrogen-bond acceptors (Lipinski definition) is 2. The number of rotatable bonds is 19. The third-order valence-electron chi connectivity index (χ3n) is 6.64. The first kappa shape index (κ1) is 32.9. The van der Waals surface area contributed by atoms with Gasteiger partial charge in [0, 0.05) is 12.1 Å². The highest BCUT2D eigenvalue weighted by Gasteiger charge is 2.14. The Labute approximate surface area is 219 Å². The number of halogens is 1. The van der Waals surface area contributed by atoms with E-state index in [4.69, 9.17) is 0 Å². The molecule has 198 valence electrons. The molecule has 0 bridgehead atoms. The number of nitrogens with zero attached hydrogens (tertiary/aromatic N) is 2. The van der Waals surface area contributed by atoms with E-state index in [1.807, 2.05) is 0 Å². The topological polar surface area (TPSA) is 24.4 Å². The molecule has 3 nitrogen and oxygen atoms in total. The minimum Gasteiger partial charge on any atom is -1.00 e. The number of unbranched alkanes of at least 4 members (excludes halogenated alkanes) is 15. The van der Waals surface area contributed by atoms with Gasteiger partial charge in [-0.3, -0.25) is 4.99 Å². The maximum absolute atomic E-state index is 3.85. The third kappa shape index (κ3) is 21.5. The summed E-state index contributed by atoms with van der Waals surface area (Å²) >= 11 is 0. The molecule has 1 aromatic rings. The van der Waals surface area contributed by atoms with Crippen LogP contribution < -0.4 is 17.7 Å². The van der Waals surface area contributed by atoms with E-state index in [1.165, 1.54) is 115 Å². The van der Waals surface area contributed by atoms with Crippen molar-refractivity contribution < 1.29 is 16.9 Å². The first-order chi connectivity index (χ1) is 16.1. The molecule has 0 saturated heterocycles. The molecule has 0 aromatic heterocycles. The van der Waals surface area contributed by atoms with Crippen molar-refractivity contribution in [2.75, 3.05) is 33.7 Å². The molecule has 0 amide bonds. The normalized spacial score (nSPS) is 12.6. The van der Waals surface area contributed by atoms with Gasteiger partial charge in [-0.05, 0) is 12.8 Å². The summed E-state index contributed by atoms with van der Waals surface area (Å²) in [5.41, 5.74) is 1.46. The summed E-state index contributed by atoms with van der Waals surface area (Å²) in [4.78, 5) is 3.85. The molecule has 1 aliphatic heterocycles. The van der Waals surface area contributed by atoms with Crippen LogP contribution in [0.15, 0.2) is 35.3 Å². The van der Waals surface area contributed by atoms with Crippen LogP contribution in [-0.4, -0.2) is 44.6 Å². The molecule has 1 N–H and O–H groups in total. The number of nitrogens with one attached hydrogen (secondary N) is 1. The summed E-state index contributed by atoms with van der Waals surface area (Å²) in [7, 11) is 4.75. The fourth-order valence-electron chi connectivity index (χ4n) is 4.57. The molecule has 1 aromatic carbocycles. The predicted molar refractivity (Wildman–Crippen MR) is 148 cm³/mol. The Hall–Kier alpha value is -1.06. The minimum absolute atomic E-state index is 0. The van der Waals surface area contributed by atoms with E-state index in [9.17, 15) is 0 Å². The van der Waals surface area contributed by atoms with Gasteiger partial charge in [0.05, 0.1) is 33.5 Å². The Morgan fingerprint density at radius 3 is 1.56 bits per heavy atom. The third-order valence-corrected chi connectivity index (χ3v) is 6.64. The Morgan fingerprint density at radius 2 is 1.18 bits per heavy atom. The van der Waals surface area contributed by atoms with Crippen LogP contribution in [0.25, 0.3) is 0 Å². The lowest BCUT2D eigenvalue weighted by Crippen LogP contribution is -3.00. The second-order valence-corrected chi connectivity index (χ2v) is 10.6. The summed E-state index contributed by atoms with van der Waals surface area (Å²) < 4.78 is 1.11. The average Bonchev–Trinajstić information content (AvgIpc) is 3.39. The molecule has 0 saturated carbocycles. The Morgan fingerprint density at radius 1 is 0.706 bits per heavy atom. The first-order valence-electron chi connectivity index (χ1n) is 14.2. The lowest BCUT2D eigenvalue weighted by molar-refractivity contribution is -0.903. The largest absolute Gasteiger partial charge is 1.00 e. The highest BCUT2D eigenvalue weighted by Crippen LogP contribution is 2.15. The molecule has 0 radical (unpaired) electrons. The summed E-state index contributed by atoms with van der Waals surface area (Å²) in [6.45, 7) is 6.74. The fourth-order valence-corrected chi connectivity index (χ4v) is 4.57. The van der Waals surface area contributed by atoms with Gasteiger partial charge in [-0.1, -0.05) is 127 Å². The molecule has 0 atom stereocenters. The minimum atomic E-state index is 0. The van der Waals surface area contributed by atoms with E-state index < -0.39 is 0 Å². The maximum Gasteiger partial charge on any atom is 0.104 e. The van der Waals surface area contributed by atoms with Crippen LogP contribution in [0.1, 0.15) is 115 Å². The molecule has 2 rings (SSSR count). The van der Waals surface area contributed by atoms with E-state index in [0.717, 1.165) is 24.1 Å². The van der Waals surface area contributed by atoms with E-state index >= 15 is 0 Å². The molecule has 4 heteroatoms. The van der Waals surface area contributed by atoms with Gasteiger partial charge in [0.15, 0.2) is 0 Å². The molecular formula is C30H56ClN3. The van der Waals surface area contributed by atoms with Crippen LogP contribution in [-0.2, 0) is 6.54 Å². The van der Waals surface area contributed by atoms with Crippen LogP contribution >= 0.6 is 0 Å². The van der Waals surface area contributed by atoms with Crippen LogP contribution in [0.2, 0.25) is 0 Å². The SMILES string of the molecule is C1=NCCN1.CCCCCCCCCCCCCCCCCC[N+](C)(C)Cc1ccccc1.[Cl-]. The summed E-state index contributed by atoms with van der Waals surface area (Å²) in [5, 5.41) is 2.93. The van der Waals surface area contributed by atoms with Gasteiger partial charge in [0.2, 0.25) is 0 Å². The Balaban J connectivity index is 0.00000160. The van der Waals surface area contributed by atoms with Crippen molar-refractivity contribution in [2.24, 2.45) is 4.99 Å². The van der Waals surface area contributed by atoms with E-state index in [0.29, 0.717) is 0 Å². The Bertz CT molecular complexity index is 553. The maximum atomic E-state index is 3.85. The van der Waals surface area contributed by atoms with Crippen molar-refractivity contribution in [1.82, 2.24) is 5.32 Å². The number of benzene rings is 1. The van der Waals surface area contributed by atoms with Crippen LogP contribution in [0.4, 0.5) is 0 Å². The molecule has 0 fully saturated rings. The predicted octanol–water partition coefficient (Wildman–Crippen LogP) is 5.15. The van der Waals surface area contributed by atoms with Crippen molar-refractivity contribution in [1.29, 1.82) is 0 Å². The van der Waals surface area contributed by atoms with Gasteiger partial charge in [-0.2, -0.15) is 0 Å². The zero-order valence-corrected chi connectivity index (χ0v) is 23.6. The van der Waals surface area contributed by atoms with E-state index in [-0.39, 0.29) is 12.4 Å². The van der Waals surface area contributed by atoms with Crippen molar-refractivity contribution in [3.8, 4) is 0 Å². The molecule has 34 heavy (non-hydrogen) atoms. The van der Waals surface area contributed by atoms with Crippen LogP contribution in [0.5, 0.6) is 0 Å². The van der Waals surface area contributed by atoms with Gasteiger partial charge in [-0.25, -0.2) is 0 Å². The molecule has 0 aliphatic carbocycles. The molecule has 1 heterocycles. The van der Waals surface area contributed by atoms with Gasteiger partial charge in [0.1, 0.15) is 6.54 Å². The van der Waals surface area contributed by atoms with Crippen LogP contribution in [0.3, 0.4) is 0 Å². The molecule has 0 spiro atoms. The zero-order chi connectivity index (χ0) is 23.9. The van der Waals surface area contributed by atoms with Gasteiger partial charge < -0.3 is 22.2 Å². The molecular weight excluding hydrogens is 438 g/mol. The van der Waals surface area contributed by atoms with E-state index in [2.05, 4.69) is 61.7 Å². The number of aliphatic imine (C=N–C) groups is 1. The highest BCUT2D eigenvalue weighted by atomic mass is 35.5. The Kier molecular flexibility index (Phi) is 22.9. The number of hydrogen-bond donors (Lipinski definition) is 1. The summed E-state index contributed by atoms with van der Waals surface area (Å²) in [6.07, 6.45) is 24.9. The smallest absolute Gasteiger partial charge is 0.104 e. The average molecular weight is 494 g/mol. The van der Waals surface area contributed by atoms with Gasteiger partial charge >= 0.3 is 0 Å².